The van der Waals surface area contributed by atoms with Crippen molar-refractivity contribution in [1.82, 2.24) is 4.90 Å². The number of hydrogen-bond acceptors (Lipinski definition) is 2. The molecule has 1 fully saturated rings. The largest absolute Gasteiger partial charge is 0.396 e. The Morgan fingerprint density at radius 1 is 1.42 bits per heavy atom. The molecule has 0 spiro atoms. The maximum Gasteiger partial charge on any atom is 0.322 e. The lowest BCUT2D eigenvalue weighted by atomic mass is 10.0. The van der Waals surface area contributed by atoms with Crippen LogP contribution >= 0.6 is 22.6 Å². The summed E-state index contributed by atoms with van der Waals surface area (Å²) in [5.41, 5.74) is 0.849. The summed E-state index contributed by atoms with van der Waals surface area (Å²) < 4.78 is 1.03. The molecule has 19 heavy (non-hydrogen) atoms. The third-order valence-electron chi connectivity index (χ3n) is 3.47. The summed E-state index contributed by atoms with van der Waals surface area (Å²) in [6.45, 7) is 0.914. The van der Waals surface area contributed by atoms with E-state index >= 15 is 0 Å². The van der Waals surface area contributed by atoms with Crippen molar-refractivity contribution in [1.29, 1.82) is 0 Å². The van der Waals surface area contributed by atoms with Gasteiger partial charge in [-0.15, -0.1) is 0 Å². The number of aliphatic hydroxyl groups is 1. The van der Waals surface area contributed by atoms with Crippen LogP contribution in [0.3, 0.4) is 0 Å². The predicted molar refractivity (Wildman–Crippen MR) is 84.2 cm³/mol. The molecule has 0 radical (unpaired) electrons. The second kappa shape index (κ2) is 7.09. The van der Waals surface area contributed by atoms with Gasteiger partial charge in [0.2, 0.25) is 0 Å². The number of benzene rings is 1. The average molecular weight is 374 g/mol. The Morgan fingerprint density at radius 3 is 2.95 bits per heavy atom. The Hall–Kier alpha value is -0.820. The monoisotopic (exact) mass is 374 g/mol. The molecule has 2 rings (SSSR count). The number of urea groups is 1. The van der Waals surface area contributed by atoms with Crippen LogP contribution in [0.25, 0.3) is 0 Å². The van der Waals surface area contributed by atoms with Gasteiger partial charge in [0.15, 0.2) is 0 Å². The number of nitrogens with one attached hydrogen (secondary N) is 1. The number of amides is 2. The molecule has 1 heterocycles. The van der Waals surface area contributed by atoms with E-state index in [-0.39, 0.29) is 18.7 Å². The van der Waals surface area contributed by atoms with E-state index in [1.165, 1.54) is 0 Å². The van der Waals surface area contributed by atoms with Gasteiger partial charge in [0.1, 0.15) is 0 Å². The summed E-state index contributed by atoms with van der Waals surface area (Å²) in [6.07, 6.45) is 3.83. The van der Waals surface area contributed by atoms with Crippen molar-refractivity contribution in [2.75, 3.05) is 18.5 Å². The van der Waals surface area contributed by atoms with Crippen molar-refractivity contribution in [2.45, 2.75) is 31.7 Å². The number of carbonyl (C=O) groups excluding carboxylic acids is 1. The molecule has 1 aromatic rings. The van der Waals surface area contributed by atoms with Crippen LogP contribution in [0.4, 0.5) is 10.5 Å². The third kappa shape index (κ3) is 3.82. The van der Waals surface area contributed by atoms with Crippen LogP contribution in [-0.2, 0) is 0 Å². The minimum Gasteiger partial charge on any atom is -0.396 e. The lowest BCUT2D eigenvalue weighted by molar-refractivity contribution is 0.141. The number of anilines is 1. The van der Waals surface area contributed by atoms with E-state index in [1.54, 1.807) is 0 Å². The topological polar surface area (TPSA) is 52.6 Å². The molecular weight excluding hydrogens is 355 g/mol. The van der Waals surface area contributed by atoms with Crippen LogP contribution in [0.5, 0.6) is 0 Å². The highest BCUT2D eigenvalue weighted by Gasteiger charge is 2.26. The zero-order chi connectivity index (χ0) is 13.7. The molecule has 1 saturated heterocycles. The van der Waals surface area contributed by atoms with Gasteiger partial charge < -0.3 is 15.3 Å². The molecule has 1 aliphatic rings. The zero-order valence-corrected chi connectivity index (χ0v) is 13.0. The van der Waals surface area contributed by atoms with Gasteiger partial charge in [-0.1, -0.05) is 12.1 Å². The Labute approximate surface area is 127 Å². The van der Waals surface area contributed by atoms with Crippen LogP contribution in [0.2, 0.25) is 0 Å². The van der Waals surface area contributed by atoms with E-state index in [4.69, 9.17) is 5.11 Å². The van der Waals surface area contributed by atoms with Gasteiger partial charge in [-0.05, 0) is 60.4 Å². The van der Waals surface area contributed by atoms with Gasteiger partial charge >= 0.3 is 6.03 Å². The smallest absolute Gasteiger partial charge is 0.322 e. The van der Waals surface area contributed by atoms with E-state index < -0.39 is 0 Å². The third-order valence-corrected chi connectivity index (χ3v) is 4.41. The Bertz CT molecular complexity index is 437. The molecule has 1 atom stereocenters. The minimum atomic E-state index is -0.0535. The van der Waals surface area contributed by atoms with E-state index in [0.717, 1.165) is 35.1 Å². The minimum absolute atomic E-state index is 0.0535. The fourth-order valence-corrected chi connectivity index (χ4v) is 2.99. The van der Waals surface area contributed by atoms with Crippen molar-refractivity contribution in [3.63, 3.8) is 0 Å². The van der Waals surface area contributed by atoms with Crippen LogP contribution in [-0.4, -0.2) is 35.2 Å². The number of halogens is 1. The average Bonchev–Trinajstić information content (AvgIpc) is 2.42. The van der Waals surface area contributed by atoms with Gasteiger partial charge in [0, 0.05) is 22.8 Å². The van der Waals surface area contributed by atoms with E-state index in [9.17, 15) is 4.79 Å². The number of nitrogens with zero attached hydrogens (tertiary/aromatic N) is 1. The SMILES string of the molecule is O=C(Nc1ccccc1I)N1CCCCC1CCO. The number of para-hydroxylation sites is 1. The summed E-state index contributed by atoms with van der Waals surface area (Å²) in [7, 11) is 0. The zero-order valence-electron chi connectivity index (χ0n) is 10.8. The fourth-order valence-electron chi connectivity index (χ4n) is 2.47. The number of piperidine rings is 1. The molecule has 0 bridgehead atoms. The molecule has 0 saturated carbocycles. The van der Waals surface area contributed by atoms with Crippen LogP contribution < -0.4 is 5.32 Å². The first-order valence-electron chi connectivity index (χ1n) is 6.65. The summed E-state index contributed by atoms with van der Waals surface area (Å²) in [4.78, 5) is 14.2. The Kier molecular flexibility index (Phi) is 5.45. The van der Waals surface area contributed by atoms with Crippen molar-refractivity contribution >= 4 is 34.3 Å². The summed E-state index contributed by atoms with van der Waals surface area (Å²) in [5, 5.41) is 12.1. The van der Waals surface area contributed by atoms with Gasteiger partial charge in [-0.2, -0.15) is 0 Å². The fraction of sp³-hybridized carbons (Fsp3) is 0.500. The molecule has 1 unspecified atom stereocenters. The number of carbonyl (C=O) groups is 1. The lowest BCUT2D eigenvalue weighted by Gasteiger charge is -2.35. The first-order chi connectivity index (χ1) is 9.22. The van der Waals surface area contributed by atoms with Crippen molar-refractivity contribution < 1.29 is 9.90 Å². The number of aliphatic hydroxyl groups excluding tert-OH is 1. The molecular formula is C14H19IN2O2. The molecule has 1 aromatic carbocycles. The summed E-state index contributed by atoms with van der Waals surface area (Å²) >= 11 is 2.21. The Balaban J connectivity index is 2.03. The molecule has 0 aliphatic carbocycles. The van der Waals surface area contributed by atoms with Gasteiger partial charge in [-0.25, -0.2) is 4.79 Å². The number of hydrogen-bond donors (Lipinski definition) is 2. The number of likely N-dealkylation sites (tertiary alicyclic amines) is 1. The van der Waals surface area contributed by atoms with E-state index in [0.29, 0.717) is 6.42 Å². The summed E-state index contributed by atoms with van der Waals surface area (Å²) in [5.74, 6) is 0. The van der Waals surface area contributed by atoms with Crippen LogP contribution in [0.15, 0.2) is 24.3 Å². The molecule has 2 N–H and O–H groups in total. The van der Waals surface area contributed by atoms with E-state index in [1.807, 2.05) is 29.2 Å². The van der Waals surface area contributed by atoms with Crippen LogP contribution in [0, 0.1) is 3.57 Å². The lowest BCUT2D eigenvalue weighted by Crippen LogP contribution is -2.46. The molecule has 2 amide bonds. The van der Waals surface area contributed by atoms with Crippen molar-refractivity contribution in [3.8, 4) is 0 Å². The second-order valence-corrected chi connectivity index (χ2v) is 5.93. The van der Waals surface area contributed by atoms with Crippen molar-refractivity contribution in [3.05, 3.63) is 27.8 Å². The molecule has 0 aromatic heterocycles. The van der Waals surface area contributed by atoms with Gasteiger partial charge in [0.05, 0.1) is 5.69 Å². The first-order valence-corrected chi connectivity index (χ1v) is 7.73. The predicted octanol–water partition coefficient (Wildman–Crippen LogP) is 3.06. The standard InChI is InChI=1S/C14H19IN2O2/c15-12-6-1-2-7-13(12)16-14(19)17-9-4-3-5-11(17)8-10-18/h1-2,6-7,11,18H,3-5,8-10H2,(H,16,19). The highest BCUT2D eigenvalue weighted by molar-refractivity contribution is 14.1. The van der Waals surface area contributed by atoms with Gasteiger partial charge in [-0.3, -0.25) is 0 Å². The molecule has 1 aliphatic heterocycles. The number of rotatable bonds is 3. The van der Waals surface area contributed by atoms with Crippen LogP contribution in [0.1, 0.15) is 25.7 Å². The molecule has 4 nitrogen and oxygen atoms in total. The second-order valence-electron chi connectivity index (χ2n) is 4.77. The maximum atomic E-state index is 12.3. The van der Waals surface area contributed by atoms with Crippen molar-refractivity contribution in [2.24, 2.45) is 0 Å². The van der Waals surface area contributed by atoms with Gasteiger partial charge in [0.25, 0.3) is 0 Å². The van der Waals surface area contributed by atoms with E-state index in [2.05, 4.69) is 27.9 Å². The quantitative estimate of drug-likeness (QED) is 0.800. The normalized spacial score (nSPS) is 19.3. The highest BCUT2D eigenvalue weighted by atomic mass is 127. The molecule has 5 heteroatoms. The highest BCUT2D eigenvalue weighted by Crippen LogP contribution is 2.22. The first kappa shape index (κ1) is 14.6. The Morgan fingerprint density at radius 2 is 2.21 bits per heavy atom. The molecule has 104 valence electrons. The maximum absolute atomic E-state index is 12.3. The summed E-state index contributed by atoms with van der Waals surface area (Å²) in [6, 6.07) is 7.86.